The first kappa shape index (κ1) is 13.0. The van der Waals surface area contributed by atoms with E-state index < -0.39 is 0 Å². The van der Waals surface area contributed by atoms with E-state index in [4.69, 9.17) is 5.73 Å². The summed E-state index contributed by atoms with van der Waals surface area (Å²) in [7, 11) is 0. The second-order valence-electron chi connectivity index (χ2n) is 4.26. The van der Waals surface area contributed by atoms with Crippen molar-refractivity contribution in [1.82, 2.24) is 4.90 Å². The first-order valence-corrected chi connectivity index (χ1v) is 6.89. The van der Waals surface area contributed by atoms with Crippen molar-refractivity contribution in [2.24, 2.45) is 0 Å². The van der Waals surface area contributed by atoms with Crippen LogP contribution < -0.4 is 5.73 Å². The summed E-state index contributed by atoms with van der Waals surface area (Å²) in [5.41, 5.74) is 7.66. The normalized spacial score (nSPS) is 15.5. The fourth-order valence-corrected chi connectivity index (χ4v) is 2.91. The zero-order valence-corrected chi connectivity index (χ0v) is 11.1. The summed E-state index contributed by atoms with van der Waals surface area (Å²) >= 11 is 1.63. The number of nitrogens with zero attached hydrogens (tertiary/aromatic N) is 1. The lowest BCUT2D eigenvalue weighted by atomic mass is 10.2. The molecule has 1 heterocycles. The van der Waals surface area contributed by atoms with Gasteiger partial charge in [-0.3, -0.25) is 14.5 Å². The number of anilines is 1. The third-order valence-electron chi connectivity index (χ3n) is 3.05. The van der Waals surface area contributed by atoms with Crippen molar-refractivity contribution in [3.05, 3.63) is 23.8 Å². The lowest BCUT2D eigenvalue weighted by molar-refractivity contribution is -0.137. The average Bonchev–Trinajstić information content (AvgIpc) is 2.66. The minimum Gasteiger partial charge on any atom is -0.398 e. The van der Waals surface area contributed by atoms with Crippen molar-refractivity contribution in [1.29, 1.82) is 0 Å². The molecule has 0 aromatic heterocycles. The number of carbonyl (C=O) groups is 2. The second-order valence-corrected chi connectivity index (χ2v) is 5.39. The Morgan fingerprint density at radius 1 is 1.28 bits per heavy atom. The van der Waals surface area contributed by atoms with E-state index in [-0.39, 0.29) is 11.8 Å². The number of nitrogen functional groups attached to an aromatic ring is 1. The van der Waals surface area contributed by atoms with Crippen LogP contribution in [0.4, 0.5) is 5.69 Å². The van der Waals surface area contributed by atoms with Gasteiger partial charge >= 0.3 is 0 Å². The smallest absolute Gasteiger partial charge is 0.229 e. The number of benzene rings is 1. The monoisotopic (exact) mass is 264 g/mol. The second kappa shape index (κ2) is 5.44. The van der Waals surface area contributed by atoms with Crippen LogP contribution in [0.3, 0.4) is 0 Å². The van der Waals surface area contributed by atoms with E-state index in [1.807, 2.05) is 25.1 Å². The number of nitrogens with two attached hydrogens (primary N) is 1. The SMILES string of the molecule is Cc1c(N)cccc1SCCN1C(=O)CCC1=O. The lowest BCUT2D eigenvalue weighted by Crippen LogP contribution is -2.31. The highest BCUT2D eigenvalue weighted by molar-refractivity contribution is 7.99. The molecule has 0 unspecified atom stereocenters. The molecule has 1 aromatic carbocycles. The molecule has 96 valence electrons. The molecule has 0 radical (unpaired) electrons. The molecule has 1 saturated heterocycles. The molecule has 0 bridgehead atoms. The van der Waals surface area contributed by atoms with Gasteiger partial charge in [-0.05, 0) is 24.6 Å². The number of thioether (sulfide) groups is 1. The van der Waals surface area contributed by atoms with Crippen LogP contribution in [-0.4, -0.2) is 29.0 Å². The summed E-state index contributed by atoms with van der Waals surface area (Å²) in [6, 6.07) is 5.79. The minimum absolute atomic E-state index is 0.0510. The molecule has 18 heavy (non-hydrogen) atoms. The Morgan fingerprint density at radius 2 is 1.94 bits per heavy atom. The first-order chi connectivity index (χ1) is 8.59. The zero-order chi connectivity index (χ0) is 13.1. The van der Waals surface area contributed by atoms with E-state index in [1.54, 1.807) is 11.8 Å². The Hall–Kier alpha value is -1.49. The van der Waals surface area contributed by atoms with Gasteiger partial charge in [-0.2, -0.15) is 0 Å². The van der Waals surface area contributed by atoms with Crippen molar-refractivity contribution in [2.45, 2.75) is 24.7 Å². The molecule has 1 aromatic rings. The standard InChI is InChI=1S/C13H16N2O2S/c1-9-10(14)3-2-4-11(9)18-8-7-15-12(16)5-6-13(15)17/h2-4H,5-8,14H2,1H3. The molecular formula is C13H16N2O2S. The number of carbonyl (C=O) groups excluding carboxylic acids is 2. The van der Waals surface area contributed by atoms with Crippen LogP contribution in [0.25, 0.3) is 0 Å². The summed E-state index contributed by atoms with van der Waals surface area (Å²) in [6.07, 6.45) is 0.724. The van der Waals surface area contributed by atoms with Crippen LogP contribution in [0.15, 0.2) is 23.1 Å². The Bertz CT molecular complexity index is 472. The van der Waals surface area contributed by atoms with Crippen LogP contribution in [0.2, 0.25) is 0 Å². The largest absolute Gasteiger partial charge is 0.398 e. The molecule has 4 nitrogen and oxygen atoms in total. The van der Waals surface area contributed by atoms with Gasteiger partial charge in [-0.25, -0.2) is 0 Å². The molecule has 5 heteroatoms. The fraction of sp³-hybridized carbons (Fsp3) is 0.385. The maximum atomic E-state index is 11.4. The molecule has 1 aliphatic heterocycles. The summed E-state index contributed by atoms with van der Waals surface area (Å²) in [5, 5.41) is 0. The van der Waals surface area contributed by atoms with Gasteiger partial charge in [0.15, 0.2) is 0 Å². The molecule has 2 N–H and O–H groups in total. The van der Waals surface area contributed by atoms with Crippen LogP contribution in [0.1, 0.15) is 18.4 Å². The van der Waals surface area contributed by atoms with Gasteiger partial charge in [0, 0.05) is 35.7 Å². The van der Waals surface area contributed by atoms with Gasteiger partial charge in [0.05, 0.1) is 0 Å². The maximum Gasteiger partial charge on any atom is 0.229 e. The topological polar surface area (TPSA) is 63.4 Å². The molecule has 0 aliphatic carbocycles. The van der Waals surface area contributed by atoms with Gasteiger partial charge in [-0.15, -0.1) is 11.8 Å². The molecule has 1 aliphatic rings. The van der Waals surface area contributed by atoms with Gasteiger partial charge in [-0.1, -0.05) is 6.07 Å². The Morgan fingerprint density at radius 3 is 2.61 bits per heavy atom. The summed E-state index contributed by atoms with van der Waals surface area (Å²) < 4.78 is 0. The molecule has 0 saturated carbocycles. The molecular weight excluding hydrogens is 248 g/mol. The average molecular weight is 264 g/mol. The quantitative estimate of drug-likeness (QED) is 0.512. The van der Waals surface area contributed by atoms with Gasteiger partial charge in [0.25, 0.3) is 0 Å². The molecule has 2 rings (SSSR count). The zero-order valence-electron chi connectivity index (χ0n) is 10.3. The van der Waals surface area contributed by atoms with Crippen LogP contribution in [-0.2, 0) is 9.59 Å². The highest BCUT2D eigenvalue weighted by Crippen LogP contribution is 2.26. The van der Waals surface area contributed by atoms with E-state index in [0.29, 0.717) is 25.1 Å². The summed E-state index contributed by atoms with van der Waals surface area (Å²) in [4.78, 5) is 25.3. The third-order valence-corrected chi connectivity index (χ3v) is 4.19. The van der Waals surface area contributed by atoms with E-state index in [9.17, 15) is 9.59 Å². The van der Waals surface area contributed by atoms with Crippen LogP contribution >= 0.6 is 11.8 Å². The Labute approximate surface area is 111 Å². The third kappa shape index (κ3) is 2.67. The van der Waals surface area contributed by atoms with Crippen LogP contribution in [0.5, 0.6) is 0 Å². The first-order valence-electron chi connectivity index (χ1n) is 5.90. The Balaban J connectivity index is 1.91. The highest BCUT2D eigenvalue weighted by atomic mass is 32.2. The van der Waals surface area contributed by atoms with Crippen molar-refractivity contribution in [2.75, 3.05) is 18.0 Å². The number of hydrogen-bond acceptors (Lipinski definition) is 4. The fourth-order valence-electron chi connectivity index (χ4n) is 1.91. The van der Waals surface area contributed by atoms with Gasteiger partial charge in [0.1, 0.15) is 0 Å². The number of hydrogen-bond donors (Lipinski definition) is 1. The van der Waals surface area contributed by atoms with Crippen molar-refractivity contribution in [3.8, 4) is 0 Å². The number of rotatable bonds is 4. The van der Waals surface area contributed by atoms with E-state index in [1.165, 1.54) is 4.90 Å². The van der Waals surface area contributed by atoms with E-state index in [0.717, 1.165) is 16.1 Å². The van der Waals surface area contributed by atoms with Crippen molar-refractivity contribution in [3.63, 3.8) is 0 Å². The number of amides is 2. The molecule has 1 fully saturated rings. The summed E-state index contributed by atoms with van der Waals surface area (Å²) in [5.74, 6) is 0.608. The Kier molecular flexibility index (Phi) is 3.91. The number of imide groups is 1. The van der Waals surface area contributed by atoms with Gasteiger partial charge < -0.3 is 5.73 Å². The summed E-state index contributed by atoms with van der Waals surface area (Å²) in [6.45, 7) is 2.46. The van der Waals surface area contributed by atoms with Crippen LogP contribution in [0, 0.1) is 6.92 Å². The maximum absolute atomic E-state index is 11.4. The van der Waals surface area contributed by atoms with E-state index >= 15 is 0 Å². The van der Waals surface area contributed by atoms with Gasteiger partial charge in [0.2, 0.25) is 11.8 Å². The number of likely N-dealkylation sites (tertiary alicyclic amines) is 1. The lowest BCUT2D eigenvalue weighted by Gasteiger charge is -2.14. The molecule has 0 atom stereocenters. The molecule has 0 spiro atoms. The predicted octanol–water partition coefficient (Wildman–Crippen LogP) is 1.82. The molecule has 2 amide bonds. The van der Waals surface area contributed by atoms with E-state index in [2.05, 4.69) is 0 Å². The highest BCUT2D eigenvalue weighted by Gasteiger charge is 2.28. The predicted molar refractivity (Wildman–Crippen MR) is 72.3 cm³/mol. The van der Waals surface area contributed by atoms with Crippen molar-refractivity contribution < 1.29 is 9.59 Å². The van der Waals surface area contributed by atoms with Crippen molar-refractivity contribution >= 4 is 29.3 Å². The minimum atomic E-state index is -0.0510.